The zero-order valence-electron chi connectivity index (χ0n) is 9.52. The highest BCUT2D eigenvalue weighted by Gasteiger charge is 2.18. The first-order chi connectivity index (χ1) is 8.60. The van der Waals surface area contributed by atoms with Gasteiger partial charge in [-0.1, -0.05) is 23.2 Å². The first-order valence-electron chi connectivity index (χ1n) is 5.27. The molecule has 2 aromatic rings. The predicted molar refractivity (Wildman–Crippen MR) is 70.4 cm³/mol. The highest BCUT2D eigenvalue weighted by atomic mass is 35.5. The van der Waals surface area contributed by atoms with Gasteiger partial charge in [0.25, 0.3) is 0 Å². The van der Waals surface area contributed by atoms with Gasteiger partial charge in [-0.05, 0) is 31.2 Å². The average Bonchev–Trinajstić information content (AvgIpc) is 2.61. The number of rotatable bonds is 2. The molecule has 0 aliphatic heterocycles. The molecule has 1 heterocycles. The van der Waals surface area contributed by atoms with E-state index in [2.05, 4.69) is 0 Å². The topological polar surface area (TPSA) is 50.7 Å². The molecule has 92 valence electrons. The van der Waals surface area contributed by atoms with E-state index < -0.39 is 0 Å². The Morgan fingerprint density at radius 2 is 1.89 bits per heavy atom. The number of imidazole rings is 1. The first kappa shape index (κ1) is 12.7. The fraction of sp³-hybridized carbons (Fsp3) is 0.167. The third-order valence-electron chi connectivity index (χ3n) is 2.59. The second kappa shape index (κ2) is 4.89. The van der Waals surface area contributed by atoms with Crippen molar-refractivity contribution in [1.29, 1.82) is 5.26 Å². The lowest BCUT2D eigenvalue weighted by Crippen LogP contribution is -2.23. The van der Waals surface area contributed by atoms with Crippen molar-refractivity contribution < 1.29 is 0 Å². The van der Waals surface area contributed by atoms with Crippen molar-refractivity contribution in [1.82, 2.24) is 9.13 Å². The van der Waals surface area contributed by atoms with E-state index in [4.69, 9.17) is 28.5 Å². The maximum atomic E-state index is 12.1. The number of hydrogen-bond acceptors (Lipinski definition) is 2. The minimum atomic E-state index is -0.332. The molecular formula is C12H9Cl2N3O. The molecule has 0 unspecified atom stereocenters. The summed E-state index contributed by atoms with van der Waals surface area (Å²) in [4.78, 5) is 12.1. The molecule has 0 atom stereocenters. The van der Waals surface area contributed by atoms with Crippen LogP contribution in [0.15, 0.2) is 29.1 Å². The third-order valence-corrected chi connectivity index (χ3v) is 3.19. The van der Waals surface area contributed by atoms with Crippen LogP contribution < -0.4 is 5.69 Å². The van der Waals surface area contributed by atoms with Crippen LogP contribution in [0.5, 0.6) is 0 Å². The Kier molecular flexibility index (Phi) is 3.46. The lowest BCUT2D eigenvalue weighted by molar-refractivity contribution is 0.706. The van der Waals surface area contributed by atoms with Crippen molar-refractivity contribution in [3.05, 3.63) is 50.6 Å². The molecule has 1 aromatic carbocycles. The van der Waals surface area contributed by atoms with Gasteiger partial charge >= 0.3 is 5.69 Å². The van der Waals surface area contributed by atoms with Gasteiger partial charge in [-0.15, -0.1) is 0 Å². The molecule has 18 heavy (non-hydrogen) atoms. The van der Waals surface area contributed by atoms with Gasteiger partial charge in [0.2, 0.25) is 0 Å². The summed E-state index contributed by atoms with van der Waals surface area (Å²) in [6.07, 6.45) is 0. The summed E-state index contributed by atoms with van der Waals surface area (Å²) in [5, 5.41) is 9.72. The summed E-state index contributed by atoms with van der Waals surface area (Å²) in [6, 6.07) is 8.62. The quantitative estimate of drug-likeness (QED) is 0.850. The smallest absolute Gasteiger partial charge is 0.282 e. The molecule has 0 spiro atoms. The van der Waals surface area contributed by atoms with Gasteiger partial charge in [0, 0.05) is 11.6 Å². The number of aromatic nitrogens is 2. The molecule has 0 fully saturated rings. The van der Waals surface area contributed by atoms with Crippen LogP contribution in [0.3, 0.4) is 0 Å². The molecule has 0 saturated heterocycles. The van der Waals surface area contributed by atoms with Crippen LogP contribution in [0.4, 0.5) is 0 Å². The van der Waals surface area contributed by atoms with Gasteiger partial charge in [-0.2, -0.15) is 5.26 Å². The second-order valence-corrected chi connectivity index (χ2v) is 4.38. The molecule has 0 amide bonds. The SMILES string of the molecule is CCn1c(C#N)c(Cl)n(-c2ccc(Cl)cc2)c1=O. The maximum absolute atomic E-state index is 12.1. The molecule has 0 saturated carbocycles. The number of nitriles is 1. The van der Waals surface area contributed by atoms with E-state index in [0.29, 0.717) is 17.3 Å². The lowest BCUT2D eigenvalue weighted by atomic mass is 10.3. The second-order valence-electron chi connectivity index (χ2n) is 3.59. The molecule has 0 N–H and O–H groups in total. The zero-order chi connectivity index (χ0) is 13.3. The van der Waals surface area contributed by atoms with Gasteiger partial charge in [0.1, 0.15) is 6.07 Å². The van der Waals surface area contributed by atoms with Crippen molar-refractivity contribution in [2.45, 2.75) is 13.5 Å². The average molecular weight is 282 g/mol. The number of nitrogens with zero attached hydrogens (tertiary/aromatic N) is 3. The van der Waals surface area contributed by atoms with E-state index in [9.17, 15) is 4.79 Å². The number of benzene rings is 1. The Morgan fingerprint density at radius 3 is 2.33 bits per heavy atom. The Bertz CT molecular complexity index is 677. The Labute approximate surface area is 114 Å². The maximum Gasteiger partial charge on any atom is 0.334 e. The van der Waals surface area contributed by atoms with E-state index in [1.165, 1.54) is 9.13 Å². The summed E-state index contributed by atoms with van der Waals surface area (Å²) in [5.41, 5.74) is 0.415. The van der Waals surface area contributed by atoms with Gasteiger partial charge in [-0.25, -0.2) is 9.36 Å². The highest BCUT2D eigenvalue weighted by molar-refractivity contribution is 6.31. The number of hydrogen-bond donors (Lipinski definition) is 0. The Morgan fingerprint density at radius 1 is 1.28 bits per heavy atom. The summed E-state index contributed by atoms with van der Waals surface area (Å²) >= 11 is 11.9. The Balaban J connectivity index is 2.73. The molecule has 6 heteroatoms. The van der Waals surface area contributed by atoms with E-state index in [0.717, 1.165) is 0 Å². The molecule has 0 aliphatic rings. The van der Waals surface area contributed by atoms with Crippen LogP contribution in [0.2, 0.25) is 10.2 Å². The van der Waals surface area contributed by atoms with Gasteiger partial charge in [0.15, 0.2) is 10.8 Å². The zero-order valence-corrected chi connectivity index (χ0v) is 11.0. The molecule has 0 bridgehead atoms. The van der Waals surface area contributed by atoms with Crippen LogP contribution in [0.25, 0.3) is 5.69 Å². The van der Waals surface area contributed by atoms with E-state index in [-0.39, 0.29) is 16.5 Å². The normalized spacial score (nSPS) is 10.3. The lowest BCUT2D eigenvalue weighted by Gasteiger charge is -2.02. The first-order valence-corrected chi connectivity index (χ1v) is 6.02. The third kappa shape index (κ3) is 1.92. The van der Waals surface area contributed by atoms with Crippen LogP contribution in [-0.2, 0) is 6.54 Å². The van der Waals surface area contributed by atoms with Crippen molar-refractivity contribution in [3.63, 3.8) is 0 Å². The molecule has 0 aliphatic carbocycles. The van der Waals surface area contributed by atoms with Gasteiger partial charge in [0.05, 0.1) is 5.69 Å². The monoisotopic (exact) mass is 281 g/mol. The van der Waals surface area contributed by atoms with Crippen LogP contribution >= 0.6 is 23.2 Å². The van der Waals surface area contributed by atoms with E-state index in [1.807, 2.05) is 6.07 Å². The summed E-state index contributed by atoms with van der Waals surface area (Å²) in [5.74, 6) is 0. The predicted octanol–water partition coefficient (Wildman–Crippen LogP) is 2.84. The summed E-state index contributed by atoms with van der Waals surface area (Å²) in [7, 11) is 0. The minimum Gasteiger partial charge on any atom is -0.282 e. The minimum absolute atomic E-state index is 0.117. The molecule has 0 radical (unpaired) electrons. The van der Waals surface area contributed by atoms with Crippen molar-refractivity contribution in [3.8, 4) is 11.8 Å². The standard InChI is InChI=1S/C12H9Cl2N3O/c1-2-16-10(7-15)11(14)17(12(16)18)9-5-3-8(13)4-6-9/h3-6H,2H2,1H3. The van der Waals surface area contributed by atoms with Crippen molar-refractivity contribution in [2.75, 3.05) is 0 Å². The summed E-state index contributed by atoms with van der Waals surface area (Å²) < 4.78 is 2.62. The van der Waals surface area contributed by atoms with Gasteiger partial charge in [-0.3, -0.25) is 4.57 Å². The molecule has 4 nitrogen and oxygen atoms in total. The fourth-order valence-electron chi connectivity index (χ4n) is 1.73. The van der Waals surface area contributed by atoms with Crippen molar-refractivity contribution >= 4 is 23.2 Å². The summed E-state index contributed by atoms with van der Waals surface area (Å²) in [6.45, 7) is 2.17. The Hall–Kier alpha value is -1.70. The van der Waals surface area contributed by atoms with E-state index in [1.54, 1.807) is 31.2 Å². The largest absolute Gasteiger partial charge is 0.334 e. The van der Waals surface area contributed by atoms with Crippen LogP contribution in [-0.4, -0.2) is 9.13 Å². The van der Waals surface area contributed by atoms with Crippen LogP contribution in [0.1, 0.15) is 12.6 Å². The molecular weight excluding hydrogens is 273 g/mol. The fourth-order valence-corrected chi connectivity index (χ4v) is 2.17. The number of halogens is 2. The molecule has 1 aromatic heterocycles. The van der Waals surface area contributed by atoms with E-state index >= 15 is 0 Å². The molecule has 2 rings (SSSR count). The van der Waals surface area contributed by atoms with Crippen molar-refractivity contribution in [2.24, 2.45) is 0 Å². The highest BCUT2D eigenvalue weighted by Crippen LogP contribution is 2.20. The van der Waals surface area contributed by atoms with Gasteiger partial charge < -0.3 is 0 Å². The van der Waals surface area contributed by atoms with Crippen LogP contribution in [0, 0.1) is 11.3 Å².